The first-order valence-corrected chi connectivity index (χ1v) is 7.57. The molecule has 0 aromatic heterocycles. The number of carboxylic acids is 1. The fourth-order valence-electron chi connectivity index (χ4n) is 2.16. The van der Waals surface area contributed by atoms with Crippen molar-refractivity contribution in [1.82, 2.24) is 0 Å². The van der Waals surface area contributed by atoms with E-state index in [1.807, 2.05) is 12.1 Å². The average Bonchev–Trinajstić information content (AvgIpc) is 2.56. The first-order chi connectivity index (χ1) is 11.9. The number of carbonyl (C=O) groups is 2. The molecule has 8 heteroatoms. The van der Waals surface area contributed by atoms with Crippen LogP contribution in [0.25, 0.3) is 0 Å². The number of hydrogen-bond donors (Lipinski definition) is 3. The van der Waals surface area contributed by atoms with Gasteiger partial charge in [0.05, 0.1) is 4.92 Å². The highest BCUT2D eigenvalue weighted by Crippen LogP contribution is 2.16. The Morgan fingerprint density at radius 3 is 1.96 bits per heavy atom. The van der Waals surface area contributed by atoms with E-state index in [0.717, 1.165) is 5.56 Å². The first kappa shape index (κ1) is 17.9. The number of non-ortho nitro benzene ring substituents is 1. The van der Waals surface area contributed by atoms with Gasteiger partial charge < -0.3 is 15.7 Å². The molecule has 0 heterocycles. The molecule has 0 bridgehead atoms. The summed E-state index contributed by atoms with van der Waals surface area (Å²) >= 11 is 0. The summed E-state index contributed by atoms with van der Waals surface area (Å²) in [7, 11) is 0. The molecule has 0 saturated heterocycles. The molecule has 3 N–H and O–H groups in total. The molecule has 2 amide bonds. The molecule has 0 radical (unpaired) electrons. The summed E-state index contributed by atoms with van der Waals surface area (Å²) in [5.74, 6) is -0.818. The van der Waals surface area contributed by atoms with Gasteiger partial charge in [-0.05, 0) is 42.7 Å². The minimum Gasteiger partial charge on any atom is -0.481 e. The molecule has 0 aliphatic heterocycles. The van der Waals surface area contributed by atoms with Crippen LogP contribution in [-0.2, 0) is 11.2 Å². The smallest absolute Gasteiger partial charge is 0.323 e. The summed E-state index contributed by atoms with van der Waals surface area (Å²) in [4.78, 5) is 32.5. The van der Waals surface area contributed by atoms with E-state index in [4.69, 9.17) is 5.11 Å². The lowest BCUT2D eigenvalue weighted by Crippen LogP contribution is -2.19. The molecule has 0 aliphatic carbocycles. The lowest BCUT2D eigenvalue weighted by molar-refractivity contribution is -0.384. The molecule has 2 aromatic rings. The van der Waals surface area contributed by atoms with Crippen molar-refractivity contribution >= 4 is 29.1 Å². The fraction of sp³-hybridized carbons (Fsp3) is 0.176. The molecular formula is C17H17N3O5. The zero-order valence-corrected chi connectivity index (χ0v) is 13.3. The summed E-state index contributed by atoms with van der Waals surface area (Å²) in [5, 5.41) is 24.4. The van der Waals surface area contributed by atoms with Gasteiger partial charge in [0.1, 0.15) is 0 Å². The molecule has 0 atom stereocenters. The van der Waals surface area contributed by atoms with E-state index in [1.54, 1.807) is 12.1 Å². The van der Waals surface area contributed by atoms with Gasteiger partial charge in [-0.25, -0.2) is 4.79 Å². The van der Waals surface area contributed by atoms with Crippen LogP contribution in [0.5, 0.6) is 0 Å². The van der Waals surface area contributed by atoms with Gasteiger partial charge in [0.25, 0.3) is 5.69 Å². The highest BCUT2D eigenvalue weighted by atomic mass is 16.6. The van der Waals surface area contributed by atoms with Gasteiger partial charge in [-0.2, -0.15) is 0 Å². The molecule has 2 aromatic carbocycles. The normalized spacial score (nSPS) is 10.1. The molecule has 0 spiro atoms. The van der Waals surface area contributed by atoms with Gasteiger partial charge in [-0.1, -0.05) is 12.1 Å². The van der Waals surface area contributed by atoms with E-state index in [9.17, 15) is 19.7 Å². The van der Waals surface area contributed by atoms with Crippen LogP contribution in [0, 0.1) is 10.1 Å². The molecule has 130 valence electrons. The number of benzene rings is 2. The SMILES string of the molecule is O=C(O)CCCc1ccc(NC(=O)Nc2ccc([N+](=O)[O-])cc2)cc1. The monoisotopic (exact) mass is 343 g/mol. The van der Waals surface area contributed by atoms with Gasteiger partial charge >= 0.3 is 12.0 Å². The first-order valence-electron chi connectivity index (χ1n) is 7.57. The number of amides is 2. The van der Waals surface area contributed by atoms with Crippen molar-refractivity contribution in [2.45, 2.75) is 19.3 Å². The molecule has 25 heavy (non-hydrogen) atoms. The van der Waals surface area contributed by atoms with Gasteiger partial charge in [-0.3, -0.25) is 14.9 Å². The van der Waals surface area contributed by atoms with E-state index in [0.29, 0.717) is 24.2 Å². The van der Waals surface area contributed by atoms with Crippen LogP contribution in [0.2, 0.25) is 0 Å². The number of nitrogens with zero attached hydrogens (tertiary/aromatic N) is 1. The number of nitrogens with one attached hydrogen (secondary N) is 2. The van der Waals surface area contributed by atoms with Crippen molar-refractivity contribution < 1.29 is 19.6 Å². The maximum atomic E-state index is 11.9. The second-order valence-electron chi connectivity index (χ2n) is 5.33. The topological polar surface area (TPSA) is 122 Å². The highest BCUT2D eigenvalue weighted by molar-refractivity contribution is 5.99. The van der Waals surface area contributed by atoms with E-state index in [2.05, 4.69) is 10.6 Å². The molecule has 0 unspecified atom stereocenters. The third-order valence-electron chi connectivity index (χ3n) is 3.40. The standard InChI is InChI=1S/C17H17N3O5/c21-16(22)3-1-2-12-4-6-13(7-5-12)18-17(23)19-14-8-10-15(11-9-14)20(24)25/h4-11H,1-3H2,(H,21,22)(H2,18,19,23). The van der Waals surface area contributed by atoms with Gasteiger partial charge in [0, 0.05) is 29.9 Å². The number of anilines is 2. The van der Waals surface area contributed by atoms with E-state index in [1.165, 1.54) is 24.3 Å². The Morgan fingerprint density at radius 1 is 0.960 bits per heavy atom. The van der Waals surface area contributed by atoms with Crippen LogP contribution in [0.1, 0.15) is 18.4 Å². The van der Waals surface area contributed by atoms with Crippen molar-refractivity contribution in [3.63, 3.8) is 0 Å². The number of carboxylic acid groups (broad SMARTS) is 1. The Morgan fingerprint density at radius 2 is 1.48 bits per heavy atom. The van der Waals surface area contributed by atoms with Crippen molar-refractivity contribution in [2.75, 3.05) is 10.6 Å². The second-order valence-corrected chi connectivity index (χ2v) is 5.33. The van der Waals surface area contributed by atoms with Crippen LogP contribution < -0.4 is 10.6 Å². The quantitative estimate of drug-likeness (QED) is 0.523. The minimum atomic E-state index is -0.818. The van der Waals surface area contributed by atoms with E-state index in [-0.39, 0.29) is 12.1 Å². The number of nitro groups is 1. The second kappa shape index (κ2) is 8.44. The van der Waals surface area contributed by atoms with Crippen molar-refractivity contribution in [3.8, 4) is 0 Å². The number of aliphatic carboxylic acids is 1. The van der Waals surface area contributed by atoms with Gasteiger partial charge in [-0.15, -0.1) is 0 Å². The number of rotatable bonds is 7. The number of urea groups is 1. The number of carbonyl (C=O) groups excluding carboxylic acids is 1. The predicted octanol–water partition coefficient (Wildman–Crippen LogP) is 3.65. The summed E-state index contributed by atoms with van der Waals surface area (Å²) in [5.41, 5.74) is 1.96. The molecule has 0 aliphatic rings. The average molecular weight is 343 g/mol. The van der Waals surface area contributed by atoms with Crippen LogP contribution in [0.15, 0.2) is 48.5 Å². The molecule has 0 fully saturated rings. The van der Waals surface area contributed by atoms with Crippen LogP contribution in [0.3, 0.4) is 0 Å². The Bertz CT molecular complexity index is 757. The Kier molecular flexibility index (Phi) is 6.05. The lowest BCUT2D eigenvalue weighted by Gasteiger charge is -2.08. The third-order valence-corrected chi connectivity index (χ3v) is 3.40. The maximum absolute atomic E-state index is 11.9. The minimum absolute atomic E-state index is 0.0514. The highest BCUT2D eigenvalue weighted by Gasteiger charge is 2.07. The van der Waals surface area contributed by atoms with Gasteiger partial charge in [0.15, 0.2) is 0 Å². The third kappa shape index (κ3) is 5.94. The summed E-state index contributed by atoms with van der Waals surface area (Å²) in [6, 6.07) is 12.1. The molecule has 2 rings (SSSR count). The van der Waals surface area contributed by atoms with Crippen molar-refractivity contribution in [3.05, 3.63) is 64.2 Å². The Hall–Kier alpha value is -3.42. The summed E-state index contributed by atoms with van der Waals surface area (Å²) in [6.07, 6.45) is 1.34. The number of nitro benzene ring substituents is 1. The number of hydrogen-bond acceptors (Lipinski definition) is 4. The van der Waals surface area contributed by atoms with Crippen LogP contribution in [-0.4, -0.2) is 22.0 Å². The largest absolute Gasteiger partial charge is 0.481 e. The predicted molar refractivity (Wildman–Crippen MR) is 92.8 cm³/mol. The zero-order valence-electron chi connectivity index (χ0n) is 13.3. The number of aryl methyl sites for hydroxylation is 1. The van der Waals surface area contributed by atoms with E-state index >= 15 is 0 Å². The summed E-state index contributed by atoms with van der Waals surface area (Å²) in [6.45, 7) is 0. The summed E-state index contributed by atoms with van der Waals surface area (Å²) < 4.78 is 0. The Balaban J connectivity index is 1.85. The zero-order chi connectivity index (χ0) is 18.2. The maximum Gasteiger partial charge on any atom is 0.323 e. The van der Waals surface area contributed by atoms with Crippen LogP contribution >= 0.6 is 0 Å². The van der Waals surface area contributed by atoms with Crippen molar-refractivity contribution in [1.29, 1.82) is 0 Å². The lowest BCUT2D eigenvalue weighted by atomic mass is 10.1. The van der Waals surface area contributed by atoms with Crippen molar-refractivity contribution in [2.24, 2.45) is 0 Å². The Labute approximate surface area is 143 Å². The fourth-order valence-corrected chi connectivity index (χ4v) is 2.16. The molecule has 0 saturated carbocycles. The van der Waals surface area contributed by atoms with E-state index < -0.39 is 16.9 Å². The molecular weight excluding hydrogens is 326 g/mol. The molecule has 8 nitrogen and oxygen atoms in total. The van der Waals surface area contributed by atoms with Crippen LogP contribution in [0.4, 0.5) is 21.9 Å². The van der Waals surface area contributed by atoms with Gasteiger partial charge in [0.2, 0.25) is 0 Å².